The van der Waals surface area contributed by atoms with Gasteiger partial charge in [-0.1, -0.05) is 52.5 Å². The van der Waals surface area contributed by atoms with Crippen LogP contribution >= 0.6 is 46.4 Å². The molecule has 0 spiro atoms. The number of hydrogen-bond acceptors (Lipinski definition) is 3. The van der Waals surface area contributed by atoms with Crippen LogP contribution in [0.1, 0.15) is 0 Å². The van der Waals surface area contributed by atoms with Gasteiger partial charge in [-0.25, -0.2) is 8.42 Å². The van der Waals surface area contributed by atoms with E-state index in [2.05, 4.69) is 4.72 Å². The predicted octanol–water partition coefficient (Wildman–Crippen LogP) is 4.68. The van der Waals surface area contributed by atoms with E-state index in [1.807, 2.05) is 0 Å². The number of anilines is 2. The first-order valence-corrected chi connectivity index (χ1v) is 8.43. The quantitative estimate of drug-likeness (QED) is 0.753. The van der Waals surface area contributed by atoms with E-state index in [0.717, 1.165) is 0 Å². The van der Waals surface area contributed by atoms with Gasteiger partial charge in [-0.15, -0.1) is 0 Å². The molecule has 0 saturated heterocycles. The third kappa shape index (κ3) is 3.49. The van der Waals surface area contributed by atoms with Gasteiger partial charge >= 0.3 is 0 Å². The first kappa shape index (κ1) is 16.5. The molecule has 0 atom stereocenters. The van der Waals surface area contributed by atoms with Gasteiger partial charge in [0.15, 0.2) is 0 Å². The van der Waals surface area contributed by atoms with E-state index < -0.39 is 10.0 Å². The Hall–Kier alpha value is -0.850. The molecule has 0 aliphatic heterocycles. The topological polar surface area (TPSA) is 72.2 Å². The average molecular weight is 386 g/mol. The molecule has 0 saturated carbocycles. The second kappa shape index (κ2) is 6.10. The minimum absolute atomic E-state index is 0.0461. The highest BCUT2D eigenvalue weighted by Crippen LogP contribution is 2.36. The Morgan fingerprint density at radius 2 is 1.38 bits per heavy atom. The molecule has 2 aromatic carbocycles. The summed E-state index contributed by atoms with van der Waals surface area (Å²) in [6.07, 6.45) is 0. The van der Waals surface area contributed by atoms with Crippen LogP contribution in [0.5, 0.6) is 0 Å². The summed E-state index contributed by atoms with van der Waals surface area (Å²) in [5.74, 6) is 0. The molecule has 0 amide bonds. The lowest BCUT2D eigenvalue weighted by molar-refractivity contribution is 0.601. The van der Waals surface area contributed by atoms with Gasteiger partial charge in [0.25, 0.3) is 10.0 Å². The molecule has 0 unspecified atom stereocenters. The van der Waals surface area contributed by atoms with Crippen molar-refractivity contribution in [3.8, 4) is 0 Å². The molecule has 21 heavy (non-hydrogen) atoms. The smallest absolute Gasteiger partial charge is 0.264 e. The summed E-state index contributed by atoms with van der Waals surface area (Å²) in [4.78, 5) is -0.295. The molecule has 0 heterocycles. The van der Waals surface area contributed by atoms with Crippen LogP contribution in [0, 0.1) is 0 Å². The summed E-state index contributed by atoms with van der Waals surface area (Å²) >= 11 is 23.7. The summed E-state index contributed by atoms with van der Waals surface area (Å²) in [6, 6.07) is 7.16. The molecule has 2 aromatic rings. The number of nitrogens with one attached hydrogen (secondary N) is 1. The van der Waals surface area contributed by atoms with Gasteiger partial charge < -0.3 is 5.73 Å². The molecule has 0 aliphatic rings. The summed E-state index contributed by atoms with van der Waals surface area (Å²) in [7, 11) is -4.07. The predicted molar refractivity (Wildman–Crippen MR) is 88.1 cm³/mol. The summed E-state index contributed by atoms with van der Waals surface area (Å²) in [5.41, 5.74) is 5.84. The molecular formula is C12H8Cl4N2O2S. The third-order valence-electron chi connectivity index (χ3n) is 2.49. The van der Waals surface area contributed by atoms with Crippen LogP contribution in [-0.2, 0) is 10.0 Å². The van der Waals surface area contributed by atoms with Crippen molar-refractivity contribution < 1.29 is 8.42 Å². The number of halogens is 4. The number of nitrogens with two attached hydrogens (primary N) is 1. The highest BCUT2D eigenvalue weighted by atomic mass is 35.5. The molecule has 0 aromatic heterocycles. The number of hydrogen-bond donors (Lipinski definition) is 2. The van der Waals surface area contributed by atoms with Crippen LogP contribution in [-0.4, -0.2) is 8.42 Å². The number of rotatable bonds is 3. The number of para-hydroxylation sites is 1. The monoisotopic (exact) mass is 384 g/mol. The Morgan fingerprint density at radius 3 is 1.86 bits per heavy atom. The maximum absolute atomic E-state index is 12.4. The minimum Gasteiger partial charge on any atom is -0.399 e. The van der Waals surface area contributed by atoms with Gasteiger partial charge in [0.2, 0.25) is 0 Å². The van der Waals surface area contributed by atoms with Crippen molar-refractivity contribution in [2.45, 2.75) is 4.90 Å². The molecule has 0 bridgehead atoms. The van der Waals surface area contributed by atoms with Crippen LogP contribution in [0.2, 0.25) is 20.1 Å². The normalized spacial score (nSPS) is 11.4. The fourth-order valence-electron chi connectivity index (χ4n) is 1.62. The first-order valence-electron chi connectivity index (χ1n) is 5.43. The number of nitrogen functional groups attached to an aromatic ring is 1. The van der Waals surface area contributed by atoms with Crippen LogP contribution in [0.25, 0.3) is 0 Å². The van der Waals surface area contributed by atoms with Crippen LogP contribution < -0.4 is 10.5 Å². The molecule has 3 N–H and O–H groups in total. The van der Waals surface area contributed by atoms with E-state index >= 15 is 0 Å². The van der Waals surface area contributed by atoms with Crippen LogP contribution in [0.3, 0.4) is 0 Å². The standard InChI is InChI=1S/C12H8Cl4N2O2S/c13-7-2-1-3-8(14)11(7)18-21(19,20)12-9(15)4-6(17)5-10(12)16/h1-5,18H,17H2. The number of benzene rings is 2. The van der Waals surface area contributed by atoms with Crippen molar-refractivity contribution in [1.82, 2.24) is 0 Å². The van der Waals surface area contributed by atoms with Crippen molar-refractivity contribution >= 4 is 67.8 Å². The van der Waals surface area contributed by atoms with Crippen molar-refractivity contribution in [3.05, 3.63) is 50.4 Å². The lowest BCUT2D eigenvalue weighted by atomic mass is 10.3. The van der Waals surface area contributed by atoms with Crippen molar-refractivity contribution in [3.63, 3.8) is 0 Å². The summed E-state index contributed by atoms with van der Waals surface area (Å²) < 4.78 is 27.1. The maximum Gasteiger partial charge on any atom is 0.264 e. The van der Waals surface area contributed by atoms with Gasteiger partial charge in [-0.3, -0.25) is 4.72 Å². The Kier molecular flexibility index (Phi) is 4.80. The van der Waals surface area contributed by atoms with Crippen LogP contribution in [0.4, 0.5) is 11.4 Å². The second-order valence-electron chi connectivity index (χ2n) is 4.02. The van der Waals surface area contributed by atoms with E-state index in [9.17, 15) is 8.42 Å². The SMILES string of the molecule is Nc1cc(Cl)c(S(=O)(=O)Nc2c(Cl)cccc2Cl)c(Cl)c1. The molecule has 0 aliphatic carbocycles. The summed E-state index contributed by atoms with van der Waals surface area (Å²) in [5, 5.41) is 0.0916. The van der Waals surface area contributed by atoms with E-state index in [4.69, 9.17) is 52.1 Å². The molecule has 0 fully saturated rings. The number of sulfonamides is 1. The zero-order chi connectivity index (χ0) is 15.8. The molecule has 2 rings (SSSR count). The fourth-order valence-corrected chi connectivity index (χ4v) is 4.56. The molecular weight excluding hydrogens is 378 g/mol. The second-order valence-corrected chi connectivity index (χ2v) is 7.26. The van der Waals surface area contributed by atoms with Crippen LogP contribution in [0.15, 0.2) is 35.2 Å². The maximum atomic E-state index is 12.4. The van der Waals surface area contributed by atoms with Gasteiger partial charge in [0, 0.05) is 5.69 Å². The third-order valence-corrected chi connectivity index (χ3v) is 5.39. The van der Waals surface area contributed by atoms with Gasteiger partial charge in [-0.2, -0.15) is 0 Å². The molecule has 112 valence electrons. The zero-order valence-corrected chi connectivity index (χ0v) is 14.0. The van der Waals surface area contributed by atoms with E-state index in [1.54, 1.807) is 6.07 Å². The Balaban J connectivity index is 2.54. The Labute approximate surface area is 141 Å². The lowest BCUT2D eigenvalue weighted by Crippen LogP contribution is -2.15. The molecule has 9 heteroatoms. The largest absolute Gasteiger partial charge is 0.399 e. The van der Waals surface area contributed by atoms with Crippen molar-refractivity contribution in [2.24, 2.45) is 0 Å². The van der Waals surface area contributed by atoms with E-state index in [0.29, 0.717) is 0 Å². The fraction of sp³-hybridized carbons (Fsp3) is 0. The van der Waals surface area contributed by atoms with Crippen molar-refractivity contribution in [2.75, 3.05) is 10.5 Å². The van der Waals surface area contributed by atoms with E-state index in [-0.39, 0.29) is 36.4 Å². The summed E-state index contributed by atoms with van der Waals surface area (Å²) in [6.45, 7) is 0. The highest BCUT2D eigenvalue weighted by Gasteiger charge is 2.24. The van der Waals surface area contributed by atoms with Crippen molar-refractivity contribution in [1.29, 1.82) is 0 Å². The zero-order valence-electron chi connectivity index (χ0n) is 10.2. The van der Waals surface area contributed by atoms with Gasteiger partial charge in [0.1, 0.15) is 4.90 Å². The van der Waals surface area contributed by atoms with Gasteiger partial charge in [-0.05, 0) is 24.3 Å². The average Bonchev–Trinajstić information content (AvgIpc) is 2.32. The molecule has 4 nitrogen and oxygen atoms in total. The Morgan fingerprint density at radius 1 is 0.905 bits per heavy atom. The first-order chi connectivity index (χ1) is 9.72. The van der Waals surface area contributed by atoms with E-state index in [1.165, 1.54) is 24.3 Å². The highest BCUT2D eigenvalue weighted by molar-refractivity contribution is 7.93. The Bertz CT molecular complexity index is 766. The van der Waals surface area contributed by atoms with Gasteiger partial charge in [0.05, 0.1) is 25.8 Å². The molecule has 0 radical (unpaired) electrons. The lowest BCUT2D eigenvalue weighted by Gasteiger charge is -2.13. The minimum atomic E-state index is -4.07.